The van der Waals surface area contributed by atoms with Crippen LogP contribution < -0.4 is 0 Å². The zero-order valence-electron chi connectivity index (χ0n) is 6.88. The first-order chi connectivity index (χ1) is 4.21. The molecule has 0 radical (unpaired) electrons. The molecule has 0 atom stereocenters. The van der Waals surface area contributed by atoms with Crippen molar-refractivity contribution in [2.45, 2.75) is 20.8 Å². The summed E-state index contributed by atoms with van der Waals surface area (Å²) >= 11 is 0. The van der Waals surface area contributed by atoms with Crippen LogP contribution in [-0.2, 0) is 9.84 Å². The summed E-state index contributed by atoms with van der Waals surface area (Å²) in [5.41, 5.74) is -0.0525. The minimum absolute atomic E-state index is 0.0525. The van der Waals surface area contributed by atoms with Crippen molar-refractivity contribution in [1.82, 2.24) is 0 Å². The van der Waals surface area contributed by atoms with Gasteiger partial charge in [-0.3, -0.25) is 0 Å². The molecule has 0 unspecified atom stereocenters. The average molecular weight is 162 g/mol. The van der Waals surface area contributed by atoms with E-state index in [1.807, 2.05) is 20.8 Å². The van der Waals surface area contributed by atoms with Gasteiger partial charge in [0.25, 0.3) is 0 Å². The molecule has 0 aromatic heterocycles. The Morgan fingerprint density at radius 3 is 1.70 bits per heavy atom. The van der Waals surface area contributed by atoms with Crippen molar-refractivity contribution in [3.8, 4) is 0 Å². The molecule has 60 valence electrons. The van der Waals surface area contributed by atoms with Gasteiger partial charge < -0.3 is 0 Å². The van der Waals surface area contributed by atoms with E-state index in [0.717, 1.165) is 0 Å². The molecule has 2 nitrogen and oxygen atoms in total. The lowest BCUT2D eigenvalue weighted by molar-refractivity contribution is 0.543. The zero-order chi connectivity index (χ0) is 8.41. The fourth-order valence-corrected chi connectivity index (χ4v) is 0.983. The monoisotopic (exact) mass is 162 g/mol. The largest absolute Gasteiger partial charge is 0.225 e. The van der Waals surface area contributed by atoms with Gasteiger partial charge in [0.1, 0.15) is 0 Å². The molecule has 0 saturated heterocycles. The summed E-state index contributed by atoms with van der Waals surface area (Å²) in [6.07, 6.45) is 2.87. The molecule has 0 aromatic rings. The number of sulfone groups is 1. The van der Waals surface area contributed by atoms with Crippen LogP contribution in [0.4, 0.5) is 0 Å². The third-order valence-corrected chi connectivity index (χ3v) is 1.45. The predicted molar refractivity (Wildman–Crippen MR) is 43.4 cm³/mol. The molecule has 3 heteroatoms. The highest BCUT2D eigenvalue weighted by atomic mass is 32.2. The van der Waals surface area contributed by atoms with E-state index in [2.05, 4.69) is 0 Å². The highest BCUT2D eigenvalue weighted by molar-refractivity contribution is 7.93. The smallest absolute Gasteiger partial charge is 0.168 e. The van der Waals surface area contributed by atoms with Gasteiger partial charge in [0.15, 0.2) is 9.84 Å². The van der Waals surface area contributed by atoms with Gasteiger partial charge in [0.05, 0.1) is 0 Å². The highest BCUT2D eigenvalue weighted by Crippen LogP contribution is 2.14. The van der Waals surface area contributed by atoms with Crippen LogP contribution in [0.1, 0.15) is 20.8 Å². The highest BCUT2D eigenvalue weighted by Gasteiger charge is 2.05. The summed E-state index contributed by atoms with van der Waals surface area (Å²) in [6, 6.07) is 0. The van der Waals surface area contributed by atoms with Crippen molar-refractivity contribution in [2.24, 2.45) is 5.41 Å². The molecular formula is C7H14O2S. The first-order valence-corrected chi connectivity index (χ1v) is 5.05. The molecule has 0 aliphatic heterocycles. The molecule has 0 heterocycles. The summed E-state index contributed by atoms with van der Waals surface area (Å²) in [7, 11) is -2.94. The molecule has 0 aliphatic carbocycles. The standard InChI is InChI=1S/C7H14O2S/c1-7(2,3)5-6-10(4,8)9/h5-6H,1-4H3/b6-5+. The molecule has 0 saturated carbocycles. The Labute approximate surface area is 62.9 Å². The summed E-state index contributed by atoms with van der Waals surface area (Å²) in [5.74, 6) is 0. The van der Waals surface area contributed by atoms with Gasteiger partial charge in [-0.2, -0.15) is 0 Å². The summed E-state index contributed by atoms with van der Waals surface area (Å²) in [5, 5.41) is 1.24. The fourth-order valence-electron chi connectivity index (χ4n) is 0.328. The van der Waals surface area contributed by atoms with Crippen LogP contribution in [0.2, 0.25) is 0 Å². The number of hydrogen-bond donors (Lipinski definition) is 0. The minimum Gasteiger partial charge on any atom is -0.225 e. The summed E-state index contributed by atoms with van der Waals surface area (Å²) in [4.78, 5) is 0. The molecule has 0 aliphatic rings. The van der Waals surface area contributed by atoms with Crippen molar-refractivity contribution in [1.29, 1.82) is 0 Å². The van der Waals surface area contributed by atoms with Crippen LogP contribution >= 0.6 is 0 Å². The van der Waals surface area contributed by atoms with Gasteiger partial charge in [-0.25, -0.2) is 8.42 Å². The van der Waals surface area contributed by atoms with Crippen LogP contribution in [-0.4, -0.2) is 14.7 Å². The first kappa shape index (κ1) is 9.69. The van der Waals surface area contributed by atoms with Crippen molar-refractivity contribution >= 4 is 9.84 Å². The van der Waals surface area contributed by atoms with Gasteiger partial charge >= 0.3 is 0 Å². The lowest BCUT2D eigenvalue weighted by atomic mass is 9.98. The number of allylic oxidation sites excluding steroid dienone is 1. The van der Waals surface area contributed by atoms with E-state index in [4.69, 9.17) is 0 Å². The van der Waals surface area contributed by atoms with E-state index in [9.17, 15) is 8.42 Å². The molecule has 0 amide bonds. The van der Waals surface area contributed by atoms with Crippen molar-refractivity contribution in [3.63, 3.8) is 0 Å². The van der Waals surface area contributed by atoms with Gasteiger partial charge in [-0.05, 0) is 5.41 Å². The van der Waals surface area contributed by atoms with Crippen LogP contribution in [0.15, 0.2) is 11.5 Å². The molecule has 0 N–H and O–H groups in total. The van der Waals surface area contributed by atoms with Crippen molar-refractivity contribution in [2.75, 3.05) is 6.26 Å². The Bertz CT molecular complexity index is 216. The van der Waals surface area contributed by atoms with E-state index < -0.39 is 9.84 Å². The second-order valence-electron chi connectivity index (χ2n) is 3.50. The topological polar surface area (TPSA) is 34.1 Å². The van der Waals surface area contributed by atoms with E-state index >= 15 is 0 Å². The molecule has 0 spiro atoms. The Balaban J connectivity index is 4.31. The first-order valence-electron chi connectivity index (χ1n) is 3.10. The van der Waals surface area contributed by atoms with E-state index in [-0.39, 0.29) is 5.41 Å². The van der Waals surface area contributed by atoms with Crippen molar-refractivity contribution in [3.05, 3.63) is 11.5 Å². The van der Waals surface area contributed by atoms with E-state index in [0.29, 0.717) is 0 Å². The maximum Gasteiger partial charge on any atom is 0.168 e. The van der Waals surface area contributed by atoms with Gasteiger partial charge in [0.2, 0.25) is 0 Å². The number of rotatable bonds is 1. The minimum atomic E-state index is -2.94. The van der Waals surface area contributed by atoms with Crippen molar-refractivity contribution < 1.29 is 8.42 Å². The lowest BCUT2D eigenvalue weighted by Gasteiger charge is -2.09. The molecule has 0 bridgehead atoms. The maximum absolute atomic E-state index is 10.6. The normalized spacial score (nSPS) is 14.4. The van der Waals surface area contributed by atoms with Gasteiger partial charge in [0, 0.05) is 11.7 Å². The van der Waals surface area contributed by atoms with E-state index in [1.165, 1.54) is 11.7 Å². The van der Waals surface area contributed by atoms with Crippen LogP contribution in [0, 0.1) is 5.41 Å². The zero-order valence-corrected chi connectivity index (χ0v) is 7.70. The van der Waals surface area contributed by atoms with Crippen LogP contribution in [0.5, 0.6) is 0 Å². The van der Waals surface area contributed by atoms with Gasteiger partial charge in [-0.15, -0.1) is 0 Å². The number of hydrogen-bond acceptors (Lipinski definition) is 2. The lowest BCUT2D eigenvalue weighted by Crippen LogP contribution is -2.00. The predicted octanol–water partition coefficient (Wildman–Crippen LogP) is 1.59. The molecule has 0 aromatic carbocycles. The average Bonchev–Trinajstić information content (AvgIpc) is 1.57. The quantitative estimate of drug-likeness (QED) is 0.586. The summed E-state index contributed by atoms with van der Waals surface area (Å²) in [6.45, 7) is 5.86. The third-order valence-electron chi connectivity index (χ3n) is 0.815. The fraction of sp³-hybridized carbons (Fsp3) is 0.714. The third kappa shape index (κ3) is 7.69. The second-order valence-corrected chi connectivity index (χ2v) is 5.43. The Morgan fingerprint density at radius 1 is 1.20 bits per heavy atom. The Morgan fingerprint density at radius 2 is 1.60 bits per heavy atom. The molecule has 0 rings (SSSR count). The Hall–Kier alpha value is -0.310. The van der Waals surface area contributed by atoms with Crippen LogP contribution in [0.3, 0.4) is 0 Å². The van der Waals surface area contributed by atoms with Gasteiger partial charge in [-0.1, -0.05) is 26.8 Å². The molecular weight excluding hydrogens is 148 g/mol. The van der Waals surface area contributed by atoms with E-state index in [1.54, 1.807) is 6.08 Å². The second kappa shape index (κ2) is 2.74. The summed E-state index contributed by atoms with van der Waals surface area (Å²) < 4.78 is 21.2. The SMILES string of the molecule is CC(C)(C)/C=C/S(C)(=O)=O. The molecule has 0 fully saturated rings. The maximum atomic E-state index is 10.6. The Kier molecular flexibility index (Phi) is 2.66. The molecule has 10 heavy (non-hydrogen) atoms. The van der Waals surface area contributed by atoms with Crippen LogP contribution in [0.25, 0.3) is 0 Å².